The third-order valence-electron chi connectivity index (χ3n) is 3.09. The van der Waals surface area contributed by atoms with Crippen LogP contribution in [0.15, 0.2) is 6.07 Å². The van der Waals surface area contributed by atoms with Gasteiger partial charge < -0.3 is 10.2 Å². The quantitative estimate of drug-likeness (QED) is 0.831. The zero-order valence-corrected chi connectivity index (χ0v) is 13.1. The third kappa shape index (κ3) is 3.55. The predicted molar refractivity (Wildman–Crippen MR) is 83.5 cm³/mol. The Morgan fingerprint density at radius 3 is 2.84 bits per heavy atom. The van der Waals surface area contributed by atoms with E-state index in [1.807, 2.05) is 0 Å². The average Bonchev–Trinajstić information content (AvgIpc) is 2.81. The fraction of sp³-hybridized carbons (Fsp3) is 0.538. The Hall–Kier alpha value is -0.910. The Balaban J connectivity index is 2.19. The minimum atomic E-state index is 0.309. The van der Waals surface area contributed by atoms with Crippen molar-refractivity contribution in [1.82, 2.24) is 14.9 Å². The average molecular weight is 299 g/mol. The summed E-state index contributed by atoms with van der Waals surface area (Å²) in [5.74, 6) is 0.843. The predicted octanol–water partition coefficient (Wildman–Crippen LogP) is 3.27. The van der Waals surface area contributed by atoms with E-state index in [0.717, 1.165) is 42.1 Å². The Morgan fingerprint density at radius 1 is 1.37 bits per heavy atom. The van der Waals surface area contributed by atoms with Crippen LogP contribution in [0.4, 0.5) is 5.82 Å². The summed E-state index contributed by atoms with van der Waals surface area (Å²) in [6.07, 6.45) is 1.01. The van der Waals surface area contributed by atoms with Crippen molar-refractivity contribution in [2.24, 2.45) is 0 Å². The molecule has 0 unspecified atom stereocenters. The molecular formula is C13H19ClN4S. The molecule has 0 aromatic carbocycles. The monoisotopic (exact) mass is 298 g/mol. The van der Waals surface area contributed by atoms with Gasteiger partial charge in [0.1, 0.15) is 10.6 Å². The number of nitrogens with zero attached hydrogens (tertiary/aromatic N) is 3. The molecule has 2 aromatic heterocycles. The van der Waals surface area contributed by atoms with Gasteiger partial charge in [-0.2, -0.15) is 0 Å². The molecular weight excluding hydrogens is 280 g/mol. The number of fused-ring (bicyclic) bond motifs is 1. The van der Waals surface area contributed by atoms with Crippen molar-refractivity contribution in [1.29, 1.82) is 0 Å². The van der Waals surface area contributed by atoms with Crippen LogP contribution in [0.25, 0.3) is 10.2 Å². The molecule has 2 heterocycles. The highest BCUT2D eigenvalue weighted by atomic mass is 35.5. The zero-order valence-electron chi connectivity index (χ0n) is 11.5. The molecule has 2 aromatic rings. The molecule has 0 spiro atoms. The number of hydrogen-bond acceptors (Lipinski definition) is 5. The van der Waals surface area contributed by atoms with E-state index in [4.69, 9.17) is 11.6 Å². The van der Waals surface area contributed by atoms with Crippen molar-refractivity contribution in [2.75, 3.05) is 32.0 Å². The van der Waals surface area contributed by atoms with Crippen LogP contribution in [0.3, 0.4) is 0 Å². The highest BCUT2D eigenvalue weighted by Crippen LogP contribution is 2.30. The number of aromatic nitrogens is 2. The molecule has 0 saturated heterocycles. The second-order valence-corrected chi connectivity index (χ2v) is 5.90. The van der Waals surface area contributed by atoms with Crippen molar-refractivity contribution in [3.8, 4) is 0 Å². The van der Waals surface area contributed by atoms with Crippen molar-refractivity contribution in [2.45, 2.75) is 20.3 Å². The number of aryl methyl sites for hydroxylation is 1. The van der Waals surface area contributed by atoms with Crippen LogP contribution in [-0.2, 0) is 6.42 Å². The number of hydrogen-bond donors (Lipinski definition) is 1. The number of rotatable bonds is 6. The van der Waals surface area contributed by atoms with Gasteiger partial charge in [-0.3, -0.25) is 0 Å². The zero-order chi connectivity index (χ0) is 13.8. The molecule has 4 nitrogen and oxygen atoms in total. The standard InChI is InChI=1S/C13H19ClN4S/c1-4-9-8-10-11(15-6-7-18(3)5-2)16-13(14)17-12(10)19-9/h8H,4-7H2,1-3H3,(H,15,16,17). The first-order valence-electron chi connectivity index (χ1n) is 6.52. The largest absolute Gasteiger partial charge is 0.368 e. The molecule has 0 aliphatic carbocycles. The number of anilines is 1. The van der Waals surface area contributed by atoms with Gasteiger partial charge in [-0.1, -0.05) is 13.8 Å². The van der Waals surface area contributed by atoms with E-state index in [1.54, 1.807) is 11.3 Å². The fourth-order valence-electron chi connectivity index (χ4n) is 1.78. The van der Waals surface area contributed by atoms with Crippen LogP contribution in [0.2, 0.25) is 5.28 Å². The molecule has 6 heteroatoms. The molecule has 0 aliphatic heterocycles. The normalized spacial score (nSPS) is 11.4. The first-order valence-corrected chi connectivity index (χ1v) is 7.71. The lowest BCUT2D eigenvalue weighted by Gasteiger charge is -2.14. The molecule has 0 bridgehead atoms. The molecule has 0 aliphatic rings. The maximum absolute atomic E-state index is 5.98. The molecule has 0 atom stereocenters. The number of likely N-dealkylation sites (N-methyl/N-ethyl adjacent to an activating group) is 1. The number of halogens is 1. The van der Waals surface area contributed by atoms with Crippen molar-refractivity contribution >= 4 is 39.0 Å². The smallest absolute Gasteiger partial charge is 0.225 e. The summed E-state index contributed by atoms with van der Waals surface area (Å²) in [5.41, 5.74) is 0. The van der Waals surface area contributed by atoms with Crippen molar-refractivity contribution in [3.63, 3.8) is 0 Å². The van der Waals surface area contributed by atoms with Crippen molar-refractivity contribution < 1.29 is 0 Å². The summed E-state index contributed by atoms with van der Waals surface area (Å²) in [7, 11) is 2.10. The van der Waals surface area contributed by atoms with E-state index in [9.17, 15) is 0 Å². The highest BCUT2D eigenvalue weighted by Gasteiger charge is 2.10. The van der Waals surface area contributed by atoms with E-state index >= 15 is 0 Å². The minimum Gasteiger partial charge on any atom is -0.368 e. The van der Waals surface area contributed by atoms with Gasteiger partial charge in [-0.25, -0.2) is 9.97 Å². The second kappa shape index (κ2) is 6.50. The summed E-state index contributed by atoms with van der Waals surface area (Å²) in [5, 5.41) is 4.74. The SMILES string of the molecule is CCc1cc2c(NCCN(C)CC)nc(Cl)nc2s1. The van der Waals surface area contributed by atoms with Gasteiger partial charge in [0.15, 0.2) is 0 Å². The summed E-state index contributed by atoms with van der Waals surface area (Å²) in [4.78, 5) is 13.1. The Bertz CT molecular complexity index is 555. The van der Waals surface area contributed by atoms with Gasteiger partial charge in [-0.15, -0.1) is 11.3 Å². The summed E-state index contributed by atoms with van der Waals surface area (Å²) in [6, 6.07) is 2.15. The van der Waals surface area contributed by atoms with Gasteiger partial charge in [0, 0.05) is 18.0 Å². The Labute approximate surface area is 122 Å². The Kier molecular flexibility index (Phi) is 4.96. The van der Waals surface area contributed by atoms with Gasteiger partial charge >= 0.3 is 0 Å². The fourth-order valence-corrected chi connectivity index (χ4v) is 2.96. The van der Waals surface area contributed by atoms with E-state index in [2.05, 4.69) is 47.1 Å². The highest BCUT2D eigenvalue weighted by molar-refractivity contribution is 7.18. The van der Waals surface area contributed by atoms with Crippen LogP contribution in [0.5, 0.6) is 0 Å². The van der Waals surface area contributed by atoms with Crippen LogP contribution < -0.4 is 5.32 Å². The molecule has 0 saturated carbocycles. The van der Waals surface area contributed by atoms with Gasteiger partial charge in [-0.05, 0) is 37.7 Å². The maximum atomic E-state index is 5.98. The lowest BCUT2D eigenvalue weighted by atomic mass is 10.3. The lowest BCUT2D eigenvalue weighted by Crippen LogP contribution is -2.25. The summed E-state index contributed by atoms with van der Waals surface area (Å²) >= 11 is 7.66. The second-order valence-electron chi connectivity index (χ2n) is 4.45. The number of thiophene rings is 1. The first-order chi connectivity index (χ1) is 9.13. The van der Waals surface area contributed by atoms with Gasteiger partial charge in [0.2, 0.25) is 5.28 Å². The molecule has 19 heavy (non-hydrogen) atoms. The molecule has 0 radical (unpaired) electrons. The summed E-state index contributed by atoms with van der Waals surface area (Å²) in [6.45, 7) is 7.16. The third-order valence-corrected chi connectivity index (χ3v) is 4.43. The van der Waals surface area contributed by atoms with E-state index in [0.29, 0.717) is 5.28 Å². The number of nitrogens with one attached hydrogen (secondary N) is 1. The van der Waals surface area contributed by atoms with E-state index < -0.39 is 0 Å². The van der Waals surface area contributed by atoms with Crippen LogP contribution in [-0.4, -0.2) is 41.5 Å². The first kappa shape index (κ1) is 14.5. The van der Waals surface area contributed by atoms with Gasteiger partial charge in [0.05, 0.1) is 5.39 Å². The minimum absolute atomic E-state index is 0.309. The van der Waals surface area contributed by atoms with Crippen molar-refractivity contribution in [3.05, 3.63) is 16.2 Å². The van der Waals surface area contributed by atoms with Gasteiger partial charge in [0.25, 0.3) is 0 Å². The summed E-state index contributed by atoms with van der Waals surface area (Å²) < 4.78 is 0. The topological polar surface area (TPSA) is 41.0 Å². The van der Waals surface area contributed by atoms with E-state index in [1.165, 1.54) is 4.88 Å². The van der Waals surface area contributed by atoms with E-state index in [-0.39, 0.29) is 0 Å². The molecule has 104 valence electrons. The maximum Gasteiger partial charge on any atom is 0.225 e. The molecule has 0 fully saturated rings. The Morgan fingerprint density at radius 2 is 2.16 bits per heavy atom. The van der Waals surface area contributed by atoms with Crippen LogP contribution in [0, 0.1) is 0 Å². The molecule has 2 rings (SSSR count). The molecule has 0 amide bonds. The lowest BCUT2D eigenvalue weighted by molar-refractivity contribution is 0.367. The van der Waals surface area contributed by atoms with Crippen LogP contribution >= 0.6 is 22.9 Å². The van der Waals surface area contributed by atoms with Crippen LogP contribution in [0.1, 0.15) is 18.7 Å². The molecule has 1 N–H and O–H groups in total.